The second-order valence-corrected chi connectivity index (χ2v) is 5.70. The van der Waals surface area contributed by atoms with Crippen LogP contribution in [0.5, 0.6) is 0 Å². The molecule has 0 saturated heterocycles. The van der Waals surface area contributed by atoms with Gasteiger partial charge >= 0.3 is 0 Å². The molecule has 0 atom stereocenters. The molecule has 1 aromatic rings. The number of aromatic nitrogens is 1. The first-order valence-electron chi connectivity index (χ1n) is 6.74. The van der Waals surface area contributed by atoms with E-state index in [2.05, 4.69) is 20.6 Å². The molecule has 2 rings (SSSR count). The second kappa shape index (κ2) is 7.55. The first-order chi connectivity index (χ1) is 9.65. The topological polar surface area (TPSA) is 75.3 Å². The van der Waals surface area contributed by atoms with E-state index < -0.39 is 0 Å². The number of rotatable bonds is 6. The van der Waals surface area contributed by atoms with Crippen molar-refractivity contribution in [2.24, 2.45) is 16.6 Å². The smallest absolute Gasteiger partial charge is 0.188 e. The van der Waals surface area contributed by atoms with Crippen molar-refractivity contribution >= 4 is 35.0 Å². The van der Waals surface area contributed by atoms with E-state index in [0.717, 1.165) is 12.5 Å². The van der Waals surface area contributed by atoms with Gasteiger partial charge in [-0.1, -0.05) is 29.6 Å². The molecule has 0 aromatic carbocycles. The summed E-state index contributed by atoms with van der Waals surface area (Å²) in [6.45, 7) is 2.13. The summed E-state index contributed by atoms with van der Waals surface area (Å²) in [6.07, 6.45) is 5.43. The van der Waals surface area contributed by atoms with Crippen LogP contribution >= 0.6 is 23.2 Å². The fraction of sp³-hybridized carbons (Fsp3) is 0.538. The summed E-state index contributed by atoms with van der Waals surface area (Å²) in [4.78, 5) is 8.42. The predicted octanol–water partition coefficient (Wildman–Crippen LogP) is 2.50. The average molecular weight is 316 g/mol. The molecule has 5 nitrogen and oxygen atoms in total. The molecule has 1 fully saturated rings. The molecule has 0 amide bonds. The van der Waals surface area contributed by atoms with Gasteiger partial charge in [-0.2, -0.15) is 0 Å². The lowest BCUT2D eigenvalue weighted by Gasteiger charge is -2.23. The maximum Gasteiger partial charge on any atom is 0.188 e. The van der Waals surface area contributed by atoms with Crippen molar-refractivity contribution in [3.8, 4) is 0 Å². The van der Waals surface area contributed by atoms with Crippen LogP contribution in [-0.2, 0) is 0 Å². The monoisotopic (exact) mass is 315 g/mol. The molecule has 1 aliphatic carbocycles. The number of pyridine rings is 1. The zero-order valence-corrected chi connectivity index (χ0v) is 12.7. The van der Waals surface area contributed by atoms with Crippen LogP contribution < -0.4 is 16.4 Å². The minimum absolute atomic E-state index is 0.494. The van der Waals surface area contributed by atoms with Gasteiger partial charge < -0.3 is 16.4 Å². The average Bonchev–Trinajstić information content (AvgIpc) is 2.35. The summed E-state index contributed by atoms with van der Waals surface area (Å²) in [5.74, 6) is 1.84. The fourth-order valence-electron chi connectivity index (χ4n) is 1.87. The van der Waals surface area contributed by atoms with Gasteiger partial charge in [0.05, 0.1) is 10.0 Å². The zero-order valence-electron chi connectivity index (χ0n) is 11.2. The van der Waals surface area contributed by atoms with Gasteiger partial charge in [0, 0.05) is 25.8 Å². The number of nitrogens with two attached hydrogens (primary N) is 1. The molecule has 110 valence electrons. The lowest BCUT2D eigenvalue weighted by atomic mass is 9.86. The number of hydrogen-bond donors (Lipinski definition) is 3. The van der Waals surface area contributed by atoms with E-state index in [1.165, 1.54) is 19.3 Å². The molecule has 7 heteroatoms. The van der Waals surface area contributed by atoms with E-state index in [9.17, 15) is 0 Å². The lowest BCUT2D eigenvalue weighted by Crippen LogP contribution is -2.35. The van der Waals surface area contributed by atoms with E-state index in [-0.39, 0.29) is 0 Å². The third-order valence-electron chi connectivity index (χ3n) is 3.28. The fourth-order valence-corrected chi connectivity index (χ4v) is 2.32. The minimum atomic E-state index is 0.494. The van der Waals surface area contributed by atoms with Crippen molar-refractivity contribution in [1.29, 1.82) is 0 Å². The summed E-state index contributed by atoms with van der Waals surface area (Å²) in [7, 11) is 0. The van der Waals surface area contributed by atoms with Crippen molar-refractivity contribution in [3.63, 3.8) is 0 Å². The molecule has 0 radical (unpaired) electrons. The Labute approximate surface area is 129 Å². The molecule has 0 spiro atoms. The Balaban J connectivity index is 1.65. The number of nitrogens with zero attached hydrogens (tertiary/aromatic N) is 2. The van der Waals surface area contributed by atoms with Crippen LogP contribution in [0.3, 0.4) is 0 Å². The Hall–Kier alpha value is -1.20. The van der Waals surface area contributed by atoms with Gasteiger partial charge in [-0.15, -0.1) is 0 Å². The van der Waals surface area contributed by atoms with Gasteiger partial charge in [-0.05, 0) is 24.8 Å². The van der Waals surface area contributed by atoms with Crippen LogP contribution in [0.25, 0.3) is 0 Å². The molecule has 1 aromatic heterocycles. The highest BCUT2D eigenvalue weighted by Crippen LogP contribution is 2.26. The first-order valence-corrected chi connectivity index (χ1v) is 7.49. The predicted molar refractivity (Wildman–Crippen MR) is 84.6 cm³/mol. The van der Waals surface area contributed by atoms with Crippen LogP contribution in [0.15, 0.2) is 17.3 Å². The normalized spacial score (nSPS) is 15.8. The van der Waals surface area contributed by atoms with Crippen molar-refractivity contribution in [2.75, 3.05) is 25.0 Å². The number of anilines is 1. The van der Waals surface area contributed by atoms with Crippen molar-refractivity contribution in [1.82, 2.24) is 10.3 Å². The van der Waals surface area contributed by atoms with Crippen molar-refractivity contribution in [2.45, 2.75) is 19.3 Å². The van der Waals surface area contributed by atoms with E-state index in [4.69, 9.17) is 28.9 Å². The van der Waals surface area contributed by atoms with Gasteiger partial charge in [0.1, 0.15) is 5.82 Å². The number of hydrogen-bond acceptors (Lipinski definition) is 3. The third-order valence-corrected chi connectivity index (χ3v) is 3.77. The SMILES string of the molecule is NC(=NCC1CCC1)NCCNc1ncc(Cl)cc1Cl. The summed E-state index contributed by atoms with van der Waals surface area (Å²) in [5.41, 5.74) is 5.78. The highest BCUT2D eigenvalue weighted by Gasteiger charge is 2.16. The van der Waals surface area contributed by atoms with E-state index >= 15 is 0 Å². The molecule has 1 heterocycles. The maximum atomic E-state index is 6.00. The number of aliphatic imine (C=N–C) groups is 1. The molecular formula is C13H19Cl2N5. The quantitative estimate of drug-likeness (QED) is 0.428. The maximum absolute atomic E-state index is 6.00. The van der Waals surface area contributed by atoms with Crippen molar-refractivity contribution < 1.29 is 0 Å². The second-order valence-electron chi connectivity index (χ2n) is 4.86. The van der Waals surface area contributed by atoms with Crippen LogP contribution in [0, 0.1) is 5.92 Å². The molecule has 1 aliphatic rings. The molecule has 0 unspecified atom stereocenters. The number of guanidine groups is 1. The molecule has 1 saturated carbocycles. The molecule has 0 aliphatic heterocycles. The standard InChI is InChI=1S/C13H19Cl2N5/c14-10-6-11(15)12(19-8-10)17-4-5-18-13(16)20-7-9-2-1-3-9/h6,8-9H,1-5,7H2,(H,17,19)(H3,16,18,20). The summed E-state index contributed by atoms with van der Waals surface area (Å²) >= 11 is 11.8. The Morgan fingerprint density at radius 1 is 1.40 bits per heavy atom. The Morgan fingerprint density at radius 2 is 2.20 bits per heavy atom. The molecule has 4 N–H and O–H groups in total. The van der Waals surface area contributed by atoms with Crippen LogP contribution in [0.1, 0.15) is 19.3 Å². The highest BCUT2D eigenvalue weighted by molar-refractivity contribution is 6.35. The summed E-state index contributed by atoms with van der Waals surface area (Å²) in [5, 5.41) is 7.19. The van der Waals surface area contributed by atoms with Gasteiger partial charge in [-0.25, -0.2) is 4.98 Å². The lowest BCUT2D eigenvalue weighted by molar-refractivity contribution is 0.326. The molecular weight excluding hydrogens is 297 g/mol. The Morgan fingerprint density at radius 3 is 2.85 bits per heavy atom. The summed E-state index contributed by atoms with van der Waals surface area (Å²) in [6, 6.07) is 1.65. The third kappa shape index (κ3) is 4.72. The van der Waals surface area contributed by atoms with Gasteiger partial charge in [0.25, 0.3) is 0 Å². The van der Waals surface area contributed by atoms with Gasteiger partial charge in [-0.3, -0.25) is 4.99 Å². The zero-order chi connectivity index (χ0) is 14.4. The van der Waals surface area contributed by atoms with E-state index in [0.29, 0.717) is 34.9 Å². The Bertz CT molecular complexity index is 474. The molecule has 0 bridgehead atoms. The minimum Gasteiger partial charge on any atom is -0.370 e. The summed E-state index contributed by atoms with van der Waals surface area (Å²) < 4.78 is 0. The van der Waals surface area contributed by atoms with E-state index in [1.54, 1.807) is 12.3 Å². The van der Waals surface area contributed by atoms with Crippen LogP contribution in [0.2, 0.25) is 10.0 Å². The highest BCUT2D eigenvalue weighted by atomic mass is 35.5. The largest absolute Gasteiger partial charge is 0.370 e. The van der Waals surface area contributed by atoms with Crippen LogP contribution in [-0.4, -0.2) is 30.6 Å². The van der Waals surface area contributed by atoms with Crippen LogP contribution in [0.4, 0.5) is 5.82 Å². The van der Waals surface area contributed by atoms with Crippen molar-refractivity contribution in [3.05, 3.63) is 22.3 Å². The van der Waals surface area contributed by atoms with E-state index in [1.807, 2.05) is 0 Å². The number of halogens is 2. The molecule has 20 heavy (non-hydrogen) atoms. The first kappa shape index (κ1) is 15.2. The Kier molecular flexibility index (Phi) is 5.73. The number of nitrogens with one attached hydrogen (secondary N) is 2. The van der Waals surface area contributed by atoms with Gasteiger partial charge in [0.2, 0.25) is 0 Å². The van der Waals surface area contributed by atoms with Gasteiger partial charge in [0.15, 0.2) is 5.96 Å².